The Kier molecular flexibility index (Phi) is 6.39. The fourth-order valence-electron chi connectivity index (χ4n) is 7.67. The summed E-state index contributed by atoms with van der Waals surface area (Å²) in [7, 11) is 0. The molecule has 0 saturated carbocycles. The van der Waals surface area contributed by atoms with Crippen LogP contribution in [0.15, 0.2) is 164 Å². The molecule has 1 aliphatic rings. The normalized spacial score (nSPS) is 12.0. The fourth-order valence-corrected chi connectivity index (χ4v) is 8.83. The van der Waals surface area contributed by atoms with Crippen LogP contribution in [0.5, 0.6) is 11.5 Å². The number of benzene rings is 8. The Bertz CT molecular complexity index is 2990. The van der Waals surface area contributed by atoms with E-state index in [4.69, 9.17) is 19.7 Å². The van der Waals surface area contributed by atoms with Crippen LogP contribution in [0.4, 0.5) is 0 Å². The molecule has 1 aliphatic heterocycles. The summed E-state index contributed by atoms with van der Waals surface area (Å²) < 4.78 is 9.22. The number of fused-ring (bicyclic) bond motifs is 7. The van der Waals surface area contributed by atoms with Crippen LogP contribution in [0.3, 0.4) is 0 Å². The molecule has 242 valence electrons. The molecule has 0 aliphatic carbocycles. The van der Waals surface area contributed by atoms with Crippen molar-refractivity contribution in [2.45, 2.75) is 0 Å². The highest BCUT2D eigenvalue weighted by Crippen LogP contribution is 2.50. The summed E-state index contributed by atoms with van der Waals surface area (Å²) in [6.07, 6.45) is 0. The average molecular weight is 682 g/mol. The molecule has 0 amide bonds. The Labute approximate surface area is 303 Å². The Morgan fingerprint density at radius 2 is 1.04 bits per heavy atom. The van der Waals surface area contributed by atoms with Crippen LogP contribution in [-0.2, 0) is 0 Å². The molecule has 0 radical (unpaired) electrons. The molecule has 10 aromatic rings. The molecule has 0 spiro atoms. The van der Waals surface area contributed by atoms with Crippen LogP contribution in [0.1, 0.15) is 0 Å². The van der Waals surface area contributed by atoms with E-state index in [-0.39, 0.29) is 0 Å². The van der Waals surface area contributed by atoms with Crippen molar-refractivity contribution in [3.63, 3.8) is 0 Å². The molecule has 11 rings (SSSR count). The van der Waals surface area contributed by atoms with Crippen LogP contribution in [0, 0.1) is 0 Å². The number of ether oxygens (including phenoxy) is 1. The van der Waals surface area contributed by atoms with Crippen molar-refractivity contribution in [1.29, 1.82) is 0 Å². The van der Waals surface area contributed by atoms with Crippen molar-refractivity contribution in [2.75, 3.05) is 0 Å². The van der Waals surface area contributed by atoms with E-state index in [1.807, 2.05) is 84.1 Å². The van der Waals surface area contributed by atoms with Gasteiger partial charge in [-0.25, -0.2) is 15.0 Å². The van der Waals surface area contributed by atoms with E-state index in [1.54, 1.807) is 0 Å². The van der Waals surface area contributed by atoms with Crippen molar-refractivity contribution in [2.24, 2.45) is 0 Å². The third-order valence-electron chi connectivity index (χ3n) is 10.1. The SMILES string of the molecule is c1ccc(-c2nc(-c3ccccc3)nc(-c3ccc4c(c3)-c3cccc5c(-c6ccc7c(c6)sc6ccc8ccccc8c67)ccc(c35)O4)n2)cc1. The van der Waals surface area contributed by atoms with E-state index in [9.17, 15) is 0 Å². The summed E-state index contributed by atoms with van der Waals surface area (Å²) in [5.74, 6) is 3.57. The highest BCUT2D eigenvalue weighted by molar-refractivity contribution is 7.26. The molecule has 0 saturated heterocycles. The molecular weight excluding hydrogens is 655 g/mol. The number of aromatic nitrogens is 3. The zero-order chi connectivity index (χ0) is 34.2. The maximum atomic E-state index is 6.62. The van der Waals surface area contributed by atoms with Crippen LogP contribution >= 0.6 is 11.3 Å². The molecular formula is C47H27N3OS. The lowest BCUT2D eigenvalue weighted by Crippen LogP contribution is -2.01. The van der Waals surface area contributed by atoms with Gasteiger partial charge in [0.1, 0.15) is 11.5 Å². The Balaban J connectivity index is 1.05. The van der Waals surface area contributed by atoms with Gasteiger partial charge in [0.25, 0.3) is 0 Å². The first-order valence-electron chi connectivity index (χ1n) is 17.3. The molecule has 0 fully saturated rings. The average Bonchev–Trinajstić information content (AvgIpc) is 3.60. The van der Waals surface area contributed by atoms with Gasteiger partial charge in [0.15, 0.2) is 17.5 Å². The topological polar surface area (TPSA) is 47.9 Å². The molecule has 0 N–H and O–H groups in total. The van der Waals surface area contributed by atoms with E-state index < -0.39 is 0 Å². The van der Waals surface area contributed by atoms with Crippen LogP contribution < -0.4 is 4.74 Å². The van der Waals surface area contributed by atoms with Gasteiger partial charge >= 0.3 is 0 Å². The van der Waals surface area contributed by atoms with Gasteiger partial charge in [-0.3, -0.25) is 0 Å². The third-order valence-corrected chi connectivity index (χ3v) is 11.2. The van der Waals surface area contributed by atoms with Crippen LogP contribution in [0.25, 0.3) is 98.1 Å². The second-order valence-corrected chi connectivity index (χ2v) is 14.2. The summed E-state index contributed by atoms with van der Waals surface area (Å²) in [4.78, 5) is 14.9. The van der Waals surface area contributed by atoms with Gasteiger partial charge in [0, 0.05) is 47.8 Å². The number of hydrogen-bond acceptors (Lipinski definition) is 5. The quantitative estimate of drug-likeness (QED) is 0.185. The van der Waals surface area contributed by atoms with Gasteiger partial charge in [-0.2, -0.15) is 0 Å². The molecule has 4 nitrogen and oxygen atoms in total. The maximum absolute atomic E-state index is 6.62. The fraction of sp³-hybridized carbons (Fsp3) is 0. The molecule has 52 heavy (non-hydrogen) atoms. The lowest BCUT2D eigenvalue weighted by molar-refractivity contribution is 0.487. The smallest absolute Gasteiger partial charge is 0.164 e. The summed E-state index contributed by atoms with van der Waals surface area (Å²) in [6, 6.07) is 57.3. The van der Waals surface area contributed by atoms with E-state index in [1.165, 1.54) is 42.1 Å². The number of thiophene rings is 1. The zero-order valence-electron chi connectivity index (χ0n) is 27.7. The number of hydrogen-bond donors (Lipinski definition) is 0. The van der Waals surface area contributed by atoms with Crippen molar-refractivity contribution in [3.05, 3.63) is 164 Å². The van der Waals surface area contributed by atoms with Crippen molar-refractivity contribution in [1.82, 2.24) is 15.0 Å². The van der Waals surface area contributed by atoms with E-state index in [0.717, 1.165) is 50.1 Å². The second-order valence-electron chi connectivity index (χ2n) is 13.2. The molecule has 0 atom stereocenters. The second kappa shape index (κ2) is 11.4. The predicted molar refractivity (Wildman–Crippen MR) is 215 cm³/mol. The largest absolute Gasteiger partial charge is 0.456 e. The molecule has 0 bridgehead atoms. The van der Waals surface area contributed by atoms with E-state index in [0.29, 0.717) is 17.5 Å². The van der Waals surface area contributed by atoms with E-state index in [2.05, 4.69) is 91.0 Å². The van der Waals surface area contributed by atoms with Crippen molar-refractivity contribution >= 4 is 53.1 Å². The number of rotatable bonds is 4. The monoisotopic (exact) mass is 681 g/mol. The van der Waals surface area contributed by atoms with Gasteiger partial charge < -0.3 is 4.74 Å². The summed E-state index contributed by atoms with van der Waals surface area (Å²) in [5.41, 5.74) is 7.31. The molecule has 8 aromatic carbocycles. The highest BCUT2D eigenvalue weighted by Gasteiger charge is 2.23. The van der Waals surface area contributed by atoms with Crippen LogP contribution in [-0.4, -0.2) is 15.0 Å². The van der Waals surface area contributed by atoms with Gasteiger partial charge in [-0.05, 0) is 69.2 Å². The minimum absolute atomic E-state index is 0.617. The van der Waals surface area contributed by atoms with Crippen molar-refractivity contribution < 1.29 is 4.74 Å². The van der Waals surface area contributed by atoms with Gasteiger partial charge in [0.05, 0.1) is 0 Å². The lowest BCUT2D eigenvalue weighted by Gasteiger charge is -2.23. The van der Waals surface area contributed by atoms with Gasteiger partial charge in [0.2, 0.25) is 0 Å². The van der Waals surface area contributed by atoms with Crippen LogP contribution in [0.2, 0.25) is 0 Å². The minimum Gasteiger partial charge on any atom is -0.456 e. The first-order chi connectivity index (χ1) is 25.7. The summed E-state index contributed by atoms with van der Waals surface area (Å²) in [6.45, 7) is 0. The maximum Gasteiger partial charge on any atom is 0.164 e. The predicted octanol–water partition coefficient (Wildman–Crippen LogP) is 13.0. The molecule has 3 heterocycles. The highest BCUT2D eigenvalue weighted by atomic mass is 32.1. The molecule has 0 unspecified atom stereocenters. The first-order valence-corrected chi connectivity index (χ1v) is 18.2. The first kappa shape index (κ1) is 29.1. The van der Waals surface area contributed by atoms with Gasteiger partial charge in [-0.15, -0.1) is 11.3 Å². The lowest BCUT2D eigenvalue weighted by atomic mass is 9.89. The minimum atomic E-state index is 0.617. The molecule has 5 heteroatoms. The van der Waals surface area contributed by atoms with Crippen molar-refractivity contribution in [3.8, 4) is 67.9 Å². The molecule has 2 aromatic heterocycles. The third kappa shape index (κ3) is 4.57. The summed E-state index contributed by atoms with van der Waals surface area (Å²) >= 11 is 1.86. The standard InChI is InChI=1S/C47H27N3OS/c1-3-11-29(12-4-1)45-48-46(30-13-5-2-6-14-30)50-47(49-45)32-19-23-39-38(26-32)36-17-9-16-35-33(22-24-40(51-39)43(35)36)31-18-21-37-42(27-31)52-41-25-20-28-10-7-8-15-34(28)44(37)41/h1-27H. The van der Waals surface area contributed by atoms with E-state index >= 15 is 0 Å². The zero-order valence-corrected chi connectivity index (χ0v) is 28.6. The Hall–Kier alpha value is -6.69. The summed E-state index contributed by atoms with van der Waals surface area (Å²) in [5, 5.41) is 7.49. The Morgan fingerprint density at radius 1 is 0.365 bits per heavy atom. The van der Waals surface area contributed by atoms with Gasteiger partial charge in [-0.1, -0.05) is 127 Å². The Morgan fingerprint density at radius 3 is 1.83 bits per heavy atom. The number of nitrogens with zero attached hydrogens (tertiary/aromatic N) is 3.